The van der Waals surface area contributed by atoms with Crippen molar-refractivity contribution in [1.82, 2.24) is 0 Å². The fourth-order valence-corrected chi connectivity index (χ4v) is 6.36. The lowest BCUT2D eigenvalue weighted by Crippen LogP contribution is -2.47. The number of Topliss-reactive ketones (excluding diaryl/α,β-unsaturated/α-hetero) is 1. The molecule has 0 aromatic rings. The van der Waals surface area contributed by atoms with Crippen LogP contribution in [0.1, 0.15) is 127 Å². The van der Waals surface area contributed by atoms with Crippen molar-refractivity contribution in [3.63, 3.8) is 0 Å². The number of carbonyl (C=O) groups excluding carboxylic acids is 1. The first-order valence-corrected chi connectivity index (χ1v) is 18.4. The summed E-state index contributed by atoms with van der Waals surface area (Å²) in [5, 5.41) is 9.27. The molecule has 0 rings (SSSR count). The molecule has 0 heterocycles. The van der Waals surface area contributed by atoms with Crippen LogP contribution in [0.25, 0.3) is 0 Å². The minimum absolute atomic E-state index is 0.0480. The molecule has 0 unspecified atom stereocenters. The van der Waals surface area contributed by atoms with Crippen LogP contribution in [-0.2, 0) is 14.0 Å². The summed E-state index contributed by atoms with van der Waals surface area (Å²) in [7, 11) is -1.96. The molecular weight excluding hydrogens is 500 g/mol. The normalized spacial score (nSPS) is 17.1. The van der Waals surface area contributed by atoms with E-state index in [9.17, 15) is 9.59 Å². The molecule has 0 radical (unpaired) electrons. The van der Waals surface area contributed by atoms with Crippen LogP contribution in [0.3, 0.4) is 0 Å². The average molecular weight is 563 g/mol. The van der Waals surface area contributed by atoms with Crippen molar-refractivity contribution in [2.45, 2.75) is 151 Å². The lowest BCUT2D eigenvalue weighted by atomic mass is 9.88. The fourth-order valence-electron chi connectivity index (χ4n) is 4.87. The molecular formula is C34H62O4Si. The number of carboxylic acid groups (broad SMARTS) is 1. The van der Waals surface area contributed by atoms with Gasteiger partial charge in [0.2, 0.25) is 0 Å². The van der Waals surface area contributed by atoms with Crippen LogP contribution in [-0.4, -0.2) is 31.3 Å². The summed E-state index contributed by atoms with van der Waals surface area (Å²) in [6, 6.07) is 0. The molecule has 0 saturated carbocycles. The predicted molar refractivity (Wildman–Crippen MR) is 171 cm³/mol. The summed E-state index contributed by atoms with van der Waals surface area (Å²) in [6.07, 6.45) is 17.6. The summed E-state index contributed by atoms with van der Waals surface area (Å²) < 4.78 is 7.05. The fraction of sp³-hybridized carbons (Fsp3) is 0.765. The van der Waals surface area contributed by atoms with Gasteiger partial charge in [-0.1, -0.05) is 124 Å². The lowest BCUT2D eigenvalue weighted by Gasteiger charge is -2.42. The van der Waals surface area contributed by atoms with E-state index in [0.717, 1.165) is 5.57 Å². The smallest absolute Gasteiger partial charge is 0.330 e. The number of carboxylic acids is 1. The van der Waals surface area contributed by atoms with E-state index in [4.69, 9.17) is 9.53 Å². The summed E-state index contributed by atoms with van der Waals surface area (Å²) >= 11 is 0. The van der Waals surface area contributed by atoms with Gasteiger partial charge in [0.25, 0.3) is 0 Å². The standard InChI is InChI=1S/C34H62O4Si/c1-13-14-15-16-17-18-19-20-21-26(3)32(38-39(11,12)34(8,9)10)29(6)23-25(2)22-27(4)31(35)28(5)24-30(7)33(36)37/h22-24,26,28-29,32H,13-21H2,1-12H3,(H,36,37)/b25-23+,27-22+,30-24+/t26-,28-,29-,32+/m0/s1. The van der Waals surface area contributed by atoms with Gasteiger partial charge in [0, 0.05) is 11.5 Å². The Bertz CT molecular complexity index is 844. The van der Waals surface area contributed by atoms with Crippen molar-refractivity contribution in [3.8, 4) is 0 Å². The zero-order valence-corrected chi connectivity index (χ0v) is 28.6. The quantitative estimate of drug-likeness (QED) is 0.0736. The van der Waals surface area contributed by atoms with Crippen LogP contribution < -0.4 is 0 Å². The van der Waals surface area contributed by atoms with Crippen LogP contribution in [0, 0.1) is 17.8 Å². The molecule has 0 saturated heterocycles. The van der Waals surface area contributed by atoms with E-state index in [2.05, 4.69) is 60.7 Å². The van der Waals surface area contributed by atoms with Gasteiger partial charge in [-0.05, 0) is 62.7 Å². The van der Waals surface area contributed by atoms with Crippen LogP contribution in [0.5, 0.6) is 0 Å². The third-order valence-corrected chi connectivity index (χ3v) is 12.9. The Labute approximate surface area is 242 Å². The average Bonchev–Trinajstić information content (AvgIpc) is 2.82. The topological polar surface area (TPSA) is 63.6 Å². The molecule has 4 nitrogen and oxygen atoms in total. The molecule has 0 aromatic carbocycles. The first kappa shape index (κ1) is 37.5. The van der Waals surface area contributed by atoms with Crippen LogP contribution >= 0.6 is 0 Å². The highest BCUT2D eigenvalue weighted by Gasteiger charge is 2.41. The molecule has 226 valence electrons. The highest BCUT2D eigenvalue weighted by Crippen LogP contribution is 2.40. The zero-order valence-electron chi connectivity index (χ0n) is 27.6. The molecule has 0 amide bonds. The molecule has 0 bridgehead atoms. The Balaban J connectivity index is 5.56. The second-order valence-electron chi connectivity index (χ2n) is 13.5. The number of unbranched alkanes of at least 4 members (excludes halogenated alkanes) is 7. The monoisotopic (exact) mass is 562 g/mol. The number of rotatable bonds is 19. The van der Waals surface area contributed by atoms with Crippen LogP contribution in [0.15, 0.2) is 34.9 Å². The molecule has 39 heavy (non-hydrogen) atoms. The highest BCUT2D eigenvalue weighted by atomic mass is 28.4. The van der Waals surface area contributed by atoms with Gasteiger partial charge >= 0.3 is 5.97 Å². The van der Waals surface area contributed by atoms with Gasteiger partial charge in [0.1, 0.15) is 0 Å². The van der Waals surface area contributed by atoms with Gasteiger partial charge in [-0.2, -0.15) is 0 Å². The Morgan fingerprint density at radius 3 is 1.85 bits per heavy atom. The number of allylic oxidation sites excluding steroid dienone is 4. The molecule has 0 spiro atoms. The SMILES string of the molecule is CCCCCCCCCC[C@H](C)[C@@H](O[Si](C)(C)C(C)(C)C)[C@@H](C)/C=C(C)/C=C(\C)C(=O)[C@@H](C)/C=C(\C)C(=O)O. The number of aliphatic carboxylic acids is 1. The van der Waals surface area contributed by atoms with Crippen LogP contribution in [0.2, 0.25) is 18.1 Å². The molecule has 0 aromatic heterocycles. The molecule has 5 heteroatoms. The summed E-state index contributed by atoms with van der Waals surface area (Å²) in [6.45, 7) is 25.6. The van der Waals surface area contributed by atoms with E-state index >= 15 is 0 Å². The number of ketones is 1. The van der Waals surface area contributed by atoms with Gasteiger partial charge in [-0.15, -0.1) is 0 Å². The van der Waals surface area contributed by atoms with Crippen molar-refractivity contribution < 1.29 is 19.1 Å². The van der Waals surface area contributed by atoms with E-state index in [1.807, 2.05) is 19.9 Å². The van der Waals surface area contributed by atoms with Gasteiger partial charge in [-0.25, -0.2) is 4.79 Å². The number of carbonyl (C=O) groups is 2. The summed E-state index contributed by atoms with van der Waals surface area (Å²) in [5.41, 5.74) is 1.88. The Kier molecular flexibility index (Phi) is 17.4. The minimum atomic E-state index is -1.96. The third kappa shape index (κ3) is 14.7. The Morgan fingerprint density at radius 2 is 1.36 bits per heavy atom. The maximum absolute atomic E-state index is 12.9. The van der Waals surface area contributed by atoms with E-state index < -0.39 is 20.2 Å². The Hall–Kier alpha value is -1.46. The van der Waals surface area contributed by atoms with Gasteiger partial charge in [0.15, 0.2) is 14.1 Å². The van der Waals surface area contributed by atoms with Gasteiger partial charge in [-0.3, -0.25) is 4.79 Å². The number of hydrogen-bond donors (Lipinski definition) is 1. The Morgan fingerprint density at radius 1 is 0.846 bits per heavy atom. The second-order valence-corrected chi connectivity index (χ2v) is 18.2. The van der Waals surface area contributed by atoms with Gasteiger partial charge < -0.3 is 9.53 Å². The summed E-state index contributed by atoms with van der Waals surface area (Å²) in [4.78, 5) is 24.0. The molecule has 0 aliphatic carbocycles. The van der Waals surface area contributed by atoms with Crippen molar-refractivity contribution in [2.75, 3.05) is 0 Å². The van der Waals surface area contributed by atoms with E-state index in [1.54, 1.807) is 6.92 Å². The zero-order chi connectivity index (χ0) is 30.4. The maximum atomic E-state index is 12.9. The first-order chi connectivity index (χ1) is 17.9. The predicted octanol–water partition coefficient (Wildman–Crippen LogP) is 10.3. The van der Waals surface area contributed by atoms with Crippen molar-refractivity contribution in [1.29, 1.82) is 0 Å². The largest absolute Gasteiger partial charge is 0.478 e. The van der Waals surface area contributed by atoms with E-state index in [-0.39, 0.29) is 28.4 Å². The second kappa shape index (κ2) is 18.1. The highest BCUT2D eigenvalue weighted by molar-refractivity contribution is 6.74. The van der Waals surface area contributed by atoms with Gasteiger partial charge in [0.05, 0.1) is 6.10 Å². The van der Waals surface area contributed by atoms with Crippen molar-refractivity contribution in [3.05, 3.63) is 34.9 Å². The summed E-state index contributed by atoms with van der Waals surface area (Å²) in [5.74, 6) is -0.838. The van der Waals surface area contributed by atoms with E-state index in [1.165, 1.54) is 70.8 Å². The minimum Gasteiger partial charge on any atom is -0.478 e. The van der Waals surface area contributed by atoms with Crippen molar-refractivity contribution in [2.24, 2.45) is 17.8 Å². The molecule has 1 N–H and O–H groups in total. The molecule has 4 atom stereocenters. The molecule has 0 aliphatic heterocycles. The molecule has 0 fully saturated rings. The molecule has 0 aliphatic rings. The number of hydrogen-bond acceptors (Lipinski definition) is 3. The van der Waals surface area contributed by atoms with Crippen molar-refractivity contribution >= 4 is 20.1 Å². The van der Waals surface area contributed by atoms with E-state index in [0.29, 0.717) is 11.5 Å². The maximum Gasteiger partial charge on any atom is 0.330 e. The van der Waals surface area contributed by atoms with Crippen LogP contribution in [0.4, 0.5) is 0 Å². The first-order valence-electron chi connectivity index (χ1n) is 15.4. The third-order valence-electron chi connectivity index (χ3n) is 8.44. The lowest BCUT2D eigenvalue weighted by molar-refractivity contribution is -0.132.